The van der Waals surface area contributed by atoms with Gasteiger partial charge in [-0.2, -0.15) is 0 Å². The predicted molar refractivity (Wildman–Crippen MR) is 55.2 cm³/mol. The molecule has 0 radical (unpaired) electrons. The summed E-state index contributed by atoms with van der Waals surface area (Å²) >= 11 is 0. The zero-order valence-corrected chi connectivity index (χ0v) is 8.46. The highest BCUT2D eigenvalue weighted by Gasteiger charge is 2.30. The molecular formula is C11H18N2. The Morgan fingerprint density at radius 1 is 1.31 bits per heavy atom. The fraction of sp³-hybridized carbons (Fsp3) is 0.636. The lowest BCUT2D eigenvalue weighted by atomic mass is 9.92. The van der Waals surface area contributed by atoms with Crippen LogP contribution in [0.4, 0.5) is 0 Å². The van der Waals surface area contributed by atoms with E-state index in [1.54, 1.807) is 0 Å². The van der Waals surface area contributed by atoms with E-state index in [0.29, 0.717) is 11.5 Å². The lowest BCUT2D eigenvalue weighted by molar-refractivity contribution is 0.376. The van der Waals surface area contributed by atoms with E-state index < -0.39 is 0 Å². The molecule has 1 aromatic heterocycles. The molecular weight excluding hydrogens is 160 g/mol. The molecule has 2 heteroatoms. The van der Waals surface area contributed by atoms with Gasteiger partial charge in [-0.25, -0.2) is 0 Å². The summed E-state index contributed by atoms with van der Waals surface area (Å²) in [7, 11) is 0. The van der Waals surface area contributed by atoms with Crippen LogP contribution in [0, 0.1) is 5.41 Å². The zero-order chi connectivity index (χ0) is 9.31. The number of nitrogens with zero attached hydrogens (tertiary/aromatic N) is 1. The number of hydrogen-bond donors (Lipinski definition) is 1. The van der Waals surface area contributed by atoms with E-state index in [0.717, 1.165) is 0 Å². The predicted octanol–water partition coefficient (Wildman–Crippen LogP) is 2.61. The van der Waals surface area contributed by atoms with Crippen LogP contribution in [0.25, 0.3) is 0 Å². The van der Waals surface area contributed by atoms with Gasteiger partial charge in [0, 0.05) is 18.4 Å². The summed E-state index contributed by atoms with van der Waals surface area (Å²) in [5.41, 5.74) is 4.03. The van der Waals surface area contributed by atoms with Gasteiger partial charge in [0.15, 0.2) is 0 Å². The van der Waals surface area contributed by atoms with E-state index in [2.05, 4.69) is 36.3 Å². The van der Waals surface area contributed by atoms with Crippen LogP contribution in [-0.4, -0.2) is 10.7 Å². The third kappa shape index (κ3) is 2.06. The van der Waals surface area contributed by atoms with Gasteiger partial charge in [-0.15, -0.1) is 0 Å². The van der Waals surface area contributed by atoms with Crippen LogP contribution in [0.5, 0.6) is 0 Å². The summed E-state index contributed by atoms with van der Waals surface area (Å²) in [5, 5.41) is 0. The van der Waals surface area contributed by atoms with E-state index in [-0.39, 0.29) is 0 Å². The zero-order valence-electron chi connectivity index (χ0n) is 8.46. The lowest BCUT2D eigenvalue weighted by Gasteiger charge is -2.18. The van der Waals surface area contributed by atoms with Crippen molar-refractivity contribution in [2.75, 3.05) is 5.43 Å². The van der Waals surface area contributed by atoms with Gasteiger partial charge in [0.25, 0.3) is 0 Å². The Balaban J connectivity index is 1.91. The van der Waals surface area contributed by atoms with Crippen molar-refractivity contribution in [1.29, 1.82) is 0 Å². The van der Waals surface area contributed by atoms with Gasteiger partial charge >= 0.3 is 0 Å². The van der Waals surface area contributed by atoms with Gasteiger partial charge in [0.05, 0.1) is 0 Å². The van der Waals surface area contributed by atoms with E-state index in [9.17, 15) is 0 Å². The smallest absolute Gasteiger partial charge is 0.0429 e. The molecule has 0 aliphatic heterocycles. The second-order valence-electron chi connectivity index (χ2n) is 4.82. The molecule has 0 saturated heterocycles. The second kappa shape index (κ2) is 3.09. The van der Waals surface area contributed by atoms with Crippen LogP contribution < -0.4 is 5.43 Å². The molecule has 0 aromatic carbocycles. The SMILES string of the molecule is CC1(C)CCC(Nn2cccc2)C1. The molecule has 2 nitrogen and oxygen atoms in total. The van der Waals surface area contributed by atoms with Gasteiger partial charge in [-0.05, 0) is 36.8 Å². The Morgan fingerprint density at radius 3 is 2.54 bits per heavy atom. The molecule has 1 saturated carbocycles. The third-order valence-corrected chi connectivity index (χ3v) is 2.90. The largest absolute Gasteiger partial charge is 0.323 e. The first-order valence-corrected chi connectivity index (χ1v) is 5.05. The van der Waals surface area contributed by atoms with Gasteiger partial charge in [0.1, 0.15) is 0 Å². The topological polar surface area (TPSA) is 17.0 Å². The number of aromatic nitrogens is 1. The maximum atomic E-state index is 3.49. The van der Waals surface area contributed by atoms with Crippen molar-refractivity contribution >= 4 is 0 Å². The number of hydrogen-bond acceptors (Lipinski definition) is 1. The highest BCUT2D eigenvalue weighted by atomic mass is 15.4. The van der Waals surface area contributed by atoms with Crippen LogP contribution in [0.15, 0.2) is 24.5 Å². The average Bonchev–Trinajstić information content (AvgIpc) is 2.61. The van der Waals surface area contributed by atoms with Crippen LogP contribution in [0.3, 0.4) is 0 Å². The maximum absolute atomic E-state index is 3.49. The monoisotopic (exact) mass is 178 g/mol. The van der Waals surface area contributed by atoms with Crippen LogP contribution in [0.2, 0.25) is 0 Å². The van der Waals surface area contributed by atoms with Crippen molar-refractivity contribution in [3.63, 3.8) is 0 Å². The standard InChI is InChI=1S/C11H18N2/c1-11(2)6-5-10(9-11)12-13-7-3-4-8-13/h3-4,7-8,10,12H,5-6,9H2,1-2H3. The van der Waals surface area contributed by atoms with Gasteiger partial charge in [0.2, 0.25) is 0 Å². The Kier molecular flexibility index (Phi) is 2.06. The first-order chi connectivity index (χ1) is 6.16. The number of rotatable bonds is 2. The average molecular weight is 178 g/mol. The molecule has 1 unspecified atom stereocenters. The molecule has 1 aliphatic carbocycles. The molecule has 0 bridgehead atoms. The van der Waals surface area contributed by atoms with Crippen molar-refractivity contribution < 1.29 is 0 Å². The molecule has 2 rings (SSSR count). The summed E-state index contributed by atoms with van der Waals surface area (Å²) in [6.45, 7) is 4.70. The van der Waals surface area contributed by atoms with E-state index >= 15 is 0 Å². The van der Waals surface area contributed by atoms with Crippen LogP contribution >= 0.6 is 0 Å². The maximum Gasteiger partial charge on any atom is 0.0429 e. The van der Waals surface area contributed by atoms with Crippen molar-refractivity contribution in [3.8, 4) is 0 Å². The van der Waals surface area contributed by atoms with E-state index in [4.69, 9.17) is 0 Å². The highest BCUT2D eigenvalue weighted by molar-refractivity contribution is 4.98. The first-order valence-electron chi connectivity index (χ1n) is 5.05. The Hall–Kier alpha value is -0.920. The fourth-order valence-electron chi connectivity index (χ4n) is 2.18. The summed E-state index contributed by atoms with van der Waals surface area (Å²) in [6.07, 6.45) is 8.04. The normalized spacial score (nSPS) is 26.2. The minimum Gasteiger partial charge on any atom is -0.323 e. The second-order valence-corrected chi connectivity index (χ2v) is 4.82. The Morgan fingerprint density at radius 2 is 2.00 bits per heavy atom. The summed E-state index contributed by atoms with van der Waals surface area (Å²) in [6, 6.07) is 4.75. The van der Waals surface area contributed by atoms with Crippen molar-refractivity contribution in [2.45, 2.75) is 39.2 Å². The molecule has 1 atom stereocenters. The Bertz CT molecular complexity index is 262. The minimum atomic E-state index is 0.533. The molecule has 1 aliphatic rings. The fourth-order valence-corrected chi connectivity index (χ4v) is 2.18. The molecule has 1 N–H and O–H groups in total. The molecule has 0 amide bonds. The molecule has 1 aromatic rings. The molecule has 1 heterocycles. The lowest BCUT2D eigenvalue weighted by Crippen LogP contribution is -2.25. The van der Waals surface area contributed by atoms with E-state index in [1.165, 1.54) is 19.3 Å². The van der Waals surface area contributed by atoms with Crippen molar-refractivity contribution in [2.24, 2.45) is 5.41 Å². The molecule has 1 fully saturated rings. The van der Waals surface area contributed by atoms with E-state index in [1.807, 2.05) is 12.1 Å². The van der Waals surface area contributed by atoms with Crippen LogP contribution in [0.1, 0.15) is 33.1 Å². The number of nitrogens with one attached hydrogen (secondary N) is 1. The highest BCUT2D eigenvalue weighted by Crippen LogP contribution is 2.37. The Labute approximate surface area is 79.9 Å². The van der Waals surface area contributed by atoms with Gasteiger partial charge in [-0.3, -0.25) is 4.68 Å². The van der Waals surface area contributed by atoms with Crippen molar-refractivity contribution in [3.05, 3.63) is 24.5 Å². The molecule has 0 spiro atoms. The summed E-state index contributed by atoms with van der Waals surface area (Å²) in [4.78, 5) is 0. The minimum absolute atomic E-state index is 0.533. The first kappa shape index (κ1) is 8.67. The van der Waals surface area contributed by atoms with Gasteiger partial charge in [-0.1, -0.05) is 13.8 Å². The molecule has 72 valence electrons. The quantitative estimate of drug-likeness (QED) is 0.736. The van der Waals surface area contributed by atoms with Crippen molar-refractivity contribution in [1.82, 2.24) is 4.68 Å². The van der Waals surface area contributed by atoms with Crippen LogP contribution in [-0.2, 0) is 0 Å². The third-order valence-electron chi connectivity index (χ3n) is 2.90. The summed E-state index contributed by atoms with van der Waals surface area (Å²) < 4.78 is 2.06. The summed E-state index contributed by atoms with van der Waals surface area (Å²) in [5.74, 6) is 0. The van der Waals surface area contributed by atoms with Gasteiger partial charge < -0.3 is 5.43 Å². The molecule has 13 heavy (non-hydrogen) atoms.